The van der Waals surface area contributed by atoms with Gasteiger partial charge in [0.05, 0.1) is 5.60 Å². The normalized spacial score (nSPS) is 9.00. The van der Waals surface area contributed by atoms with Crippen LogP contribution < -0.4 is 0 Å². The van der Waals surface area contributed by atoms with Gasteiger partial charge in [0.15, 0.2) is 0 Å². The van der Waals surface area contributed by atoms with Crippen LogP contribution in [0.25, 0.3) is 0 Å². The molecule has 0 spiro atoms. The second-order valence-electron chi connectivity index (χ2n) is 3.02. The zero-order valence-electron chi connectivity index (χ0n) is 7.78. The number of unbranched alkanes of at least 4 members (excludes halogenated alkanes) is 1. The first-order valence-electron chi connectivity index (χ1n) is 3.43. The van der Waals surface area contributed by atoms with Crippen molar-refractivity contribution < 1.29 is 24.6 Å². The smallest absolute Gasteiger partial charge is 0.0563 e. The van der Waals surface area contributed by atoms with Crippen molar-refractivity contribution in [2.75, 3.05) is 0 Å². The van der Waals surface area contributed by atoms with Crippen LogP contribution in [0.4, 0.5) is 0 Å². The topological polar surface area (TPSA) is 20.2 Å². The molecule has 0 rings (SSSR count). The minimum absolute atomic E-state index is 0. The van der Waals surface area contributed by atoms with Crippen molar-refractivity contribution >= 4 is 0 Å². The van der Waals surface area contributed by atoms with Gasteiger partial charge in [-0.2, -0.15) is 6.42 Å². The van der Waals surface area contributed by atoms with Gasteiger partial charge in [0.2, 0.25) is 0 Å². The molecule has 0 radical (unpaired) electrons. The molecule has 0 aliphatic rings. The molecule has 1 nitrogen and oxygen atoms in total. The van der Waals surface area contributed by atoms with Crippen molar-refractivity contribution in [3.63, 3.8) is 0 Å². The fourth-order valence-electron chi connectivity index (χ4n) is 0. The number of aliphatic hydroxyl groups is 1. The molecule has 10 heavy (non-hydrogen) atoms. The van der Waals surface area contributed by atoms with Crippen molar-refractivity contribution in [1.29, 1.82) is 0 Å². The van der Waals surface area contributed by atoms with Crippen LogP contribution in [0.2, 0.25) is 0 Å². The minimum atomic E-state index is -0.500. The van der Waals surface area contributed by atoms with Gasteiger partial charge < -0.3 is 12.0 Å². The van der Waals surface area contributed by atoms with E-state index in [1.807, 2.05) is 0 Å². The third kappa shape index (κ3) is 197. The van der Waals surface area contributed by atoms with E-state index in [9.17, 15) is 0 Å². The second kappa shape index (κ2) is 9.58. The molecular formula is C8H19OZn-. The summed E-state index contributed by atoms with van der Waals surface area (Å²) in [6, 6.07) is 0. The average molecular weight is 197 g/mol. The third-order valence-corrected chi connectivity index (χ3v) is 0.354. The maximum Gasteiger partial charge on any atom is 0.0563 e. The Morgan fingerprint density at radius 3 is 1.40 bits per heavy atom. The Labute approximate surface area is 78.0 Å². The Balaban J connectivity index is -0.0000000910. The van der Waals surface area contributed by atoms with Crippen LogP contribution in [0.5, 0.6) is 0 Å². The first-order chi connectivity index (χ1) is 3.91. The van der Waals surface area contributed by atoms with Crippen molar-refractivity contribution in [2.45, 2.75) is 46.1 Å². The average Bonchev–Trinajstić information content (AvgIpc) is 1.61. The number of hydrogen-bond donors (Lipinski definition) is 1. The zero-order chi connectivity index (χ0) is 7.91. The first kappa shape index (κ1) is 16.9. The van der Waals surface area contributed by atoms with Crippen LogP contribution in [0, 0.1) is 6.92 Å². The van der Waals surface area contributed by atoms with E-state index in [0.717, 1.165) is 6.42 Å². The van der Waals surface area contributed by atoms with E-state index in [2.05, 4.69) is 13.8 Å². The van der Waals surface area contributed by atoms with Crippen LogP contribution in [-0.2, 0) is 19.5 Å². The van der Waals surface area contributed by atoms with Crippen LogP contribution in [0.15, 0.2) is 0 Å². The van der Waals surface area contributed by atoms with E-state index < -0.39 is 5.60 Å². The maximum absolute atomic E-state index is 8.52. The Kier molecular flexibility index (Phi) is 16.2. The van der Waals surface area contributed by atoms with Gasteiger partial charge in [-0.3, -0.25) is 0 Å². The summed E-state index contributed by atoms with van der Waals surface area (Å²) < 4.78 is 0. The molecule has 2 heteroatoms. The maximum atomic E-state index is 8.52. The van der Waals surface area contributed by atoms with E-state index in [4.69, 9.17) is 5.11 Å². The van der Waals surface area contributed by atoms with Gasteiger partial charge in [-0.05, 0) is 20.8 Å². The number of hydrogen-bond acceptors (Lipinski definition) is 1. The molecule has 1 N–H and O–H groups in total. The third-order valence-electron chi connectivity index (χ3n) is 0.354. The van der Waals surface area contributed by atoms with Gasteiger partial charge in [0.1, 0.15) is 0 Å². The largest absolute Gasteiger partial charge is 0.391 e. The Bertz CT molecular complexity index is 39.7. The summed E-state index contributed by atoms with van der Waals surface area (Å²) in [5.41, 5.74) is -0.500. The number of rotatable bonds is 1. The van der Waals surface area contributed by atoms with Crippen molar-refractivity contribution in [3.8, 4) is 0 Å². The molecule has 0 fully saturated rings. The van der Waals surface area contributed by atoms with Crippen LogP contribution in [-0.4, -0.2) is 10.7 Å². The van der Waals surface area contributed by atoms with Gasteiger partial charge in [-0.25, -0.2) is 0 Å². The minimum Gasteiger partial charge on any atom is -0.391 e. The molecular weight excluding hydrogens is 177 g/mol. The summed E-state index contributed by atoms with van der Waals surface area (Å²) in [6.07, 6.45) is 2.28. The molecule has 0 saturated carbocycles. The Morgan fingerprint density at radius 1 is 1.30 bits per heavy atom. The molecule has 0 heterocycles. The molecule has 0 bridgehead atoms. The summed E-state index contributed by atoms with van der Waals surface area (Å²) in [5, 5.41) is 8.52. The van der Waals surface area contributed by atoms with E-state index in [-0.39, 0.29) is 19.5 Å². The Morgan fingerprint density at radius 2 is 1.40 bits per heavy atom. The van der Waals surface area contributed by atoms with Crippen LogP contribution >= 0.6 is 0 Å². The summed E-state index contributed by atoms with van der Waals surface area (Å²) in [6.45, 7) is 11.0. The summed E-state index contributed by atoms with van der Waals surface area (Å²) in [7, 11) is 0. The van der Waals surface area contributed by atoms with Gasteiger partial charge >= 0.3 is 0 Å². The van der Waals surface area contributed by atoms with E-state index in [1.165, 1.54) is 6.42 Å². The summed E-state index contributed by atoms with van der Waals surface area (Å²) in [4.78, 5) is 0. The summed E-state index contributed by atoms with van der Waals surface area (Å²) >= 11 is 0. The van der Waals surface area contributed by atoms with E-state index >= 15 is 0 Å². The fraction of sp³-hybridized carbons (Fsp3) is 0.875. The van der Waals surface area contributed by atoms with E-state index in [1.54, 1.807) is 20.8 Å². The Hall–Kier alpha value is 0.583. The summed E-state index contributed by atoms with van der Waals surface area (Å²) in [5.74, 6) is 0. The van der Waals surface area contributed by atoms with Crippen molar-refractivity contribution in [1.82, 2.24) is 0 Å². The molecule has 0 atom stereocenters. The molecule has 0 aliphatic carbocycles. The standard InChI is InChI=1S/C4H10O.C4H9.Zn/c1-4(2,3)5;1-3-4-2;/h5H,1-3H3;1,3-4H2,2H3;/q;-1;. The monoisotopic (exact) mass is 195 g/mol. The fourth-order valence-corrected chi connectivity index (χ4v) is 0. The zero-order valence-corrected chi connectivity index (χ0v) is 10.7. The molecule has 0 unspecified atom stereocenters. The molecule has 0 aromatic heterocycles. The van der Waals surface area contributed by atoms with Crippen molar-refractivity contribution in [2.24, 2.45) is 0 Å². The second-order valence-corrected chi connectivity index (χ2v) is 3.02. The molecule has 0 aliphatic heterocycles. The van der Waals surface area contributed by atoms with E-state index in [0.29, 0.717) is 0 Å². The SMILES string of the molecule is CC(C)(C)O.[CH2-]CCC.[Zn]. The van der Waals surface area contributed by atoms with Gasteiger partial charge in [0, 0.05) is 19.5 Å². The molecule has 0 saturated heterocycles. The molecule has 0 aromatic rings. The first-order valence-corrected chi connectivity index (χ1v) is 3.43. The van der Waals surface area contributed by atoms with Gasteiger partial charge in [-0.1, -0.05) is 13.3 Å². The molecule has 60 valence electrons. The van der Waals surface area contributed by atoms with Crippen LogP contribution in [0.1, 0.15) is 40.5 Å². The predicted octanol–water partition coefficient (Wildman–Crippen LogP) is 2.40. The van der Waals surface area contributed by atoms with Crippen LogP contribution in [0.3, 0.4) is 0 Å². The predicted molar refractivity (Wildman–Crippen MR) is 42.2 cm³/mol. The quantitative estimate of drug-likeness (QED) is 0.505. The molecule has 0 amide bonds. The van der Waals surface area contributed by atoms with Gasteiger partial charge in [0.25, 0.3) is 0 Å². The molecule has 0 aromatic carbocycles. The van der Waals surface area contributed by atoms with Crippen molar-refractivity contribution in [3.05, 3.63) is 6.92 Å². The van der Waals surface area contributed by atoms with Gasteiger partial charge in [-0.15, -0.1) is 0 Å².